The number of piperazine rings is 1. The van der Waals surface area contributed by atoms with Gasteiger partial charge in [-0.05, 0) is 31.0 Å². The van der Waals surface area contributed by atoms with Crippen LogP contribution in [-0.4, -0.2) is 42.0 Å². The molecule has 1 saturated heterocycles. The molecule has 1 saturated carbocycles. The second kappa shape index (κ2) is 5.70. The average molecular weight is 336 g/mol. The SMILES string of the molecule is O=C(C1CCC1)N1CCN(c2nc3ccc(Cl)cc3s2)CC1. The van der Waals surface area contributed by atoms with Crippen molar-refractivity contribution in [3.8, 4) is 0 Å². The van der Waals surface area contributed by atoms with E-state index >= 15 is 0 Å². The molecule has 116 valence electrons. The molecule has 1 aliphatic heterocycles. The second-order valence-electron chi connectivity index (χ2n) is 6.05. The summed E-state index contributed by atoms with van der Waals surface area (Å²) in [5, 5.41) is 1.78. The van der Waals surface area contributed by atoms with Crippen molar-refractivity contribution >= 4 is 44.2 Å². The van der Waals surface area contributed by atoms with Gasteiger partial charge in [0.15, 0.2) is 5.13 Å². The maximum atomic E-state index is 12.3. The van der Waals surface area contributed by atoms with Crippen molar-refractivity contribution in [3.63, 3.8) is 0 Å². The number of aromatic nitrogens is 1. The Bertz CT molecular complexity index is 704. The second-order valence-corrected chi connectivity index (χ2v) is 7.49. The molecule has 2 aliphatic rings. The molecule has 0 spiro atoms. The molecule has 1 amide bonds. The monoisotopic (exact) mass is 335 g/mol. The molecule has 6 heteroatoms. The maximum Gasteiger partial charge on any atom is 0.225 e. The van der Waals surface area contributed by atoms with Crippen LogP contribution in [-0.2, 0) is 4.79 Å². The molecule has 0 radical (unpaired) electrons. The highest BCUT2D eigenvalue weighted by atomic mass is 35.5. The lowest BCUT2D eigenvalue weighted by molar-refractivity contribution is -0.138. The zero-order chi connectivity index (χ0) is 15.1. The fourth-order valence-electron chi connectivity index (χ4n) is 3.05. The van der Waals surface area contributed by atoms with Gasteiger partial charge in [0.2, 0.25) is 5.91 Å². The fourth-order valence-corrected chi connectivity index (χ4v) is 4.35. The summed E-state index contributed by atoms with van der Waals surface area (Å²) in [4.78, 5) is 21.3. The van der Waals surface area contributed by atoms with Crippen LogP contribution in [0.1, 0.15) is 19.3 Å². The number of fused-ring (bicyclic) bond motifs is 1. The summed E-state index contributed by atoms with van der Waals surface area (Å²) >= 11 is 7.71. The number of thiazole rings is 1. The van der Waals surface area contributed by atoms with Gasteiger partial charge in [-0.3, -0.25) is 4.79 Å². The van der Waals surface area contributed by atoms with Crippen molar-refractivity contribution in [2.75, 3.05) is 31.1 Å². The van der Waals surface area contributed by atoms with Crippen molar-refractivity contribution < 1.29 is 4.79 Å². The molecule has 2 aromatic rings. The van der Waals surface area contributed by atoms with Crippen molar-refractivity contribution in [1.29, 1.82) is 0 Å². The molecule has 0 unspecified atom stereocenters. The van der Waals surface area contributed by atoms with Gasteiger partial charge < -0.3 is 9.80 Å². The van der Waals surface area contributed by atoms with Gasteiger partial charge >= 0.3 is 0 Å². The maximum absolute atomic E-state index is 12.3. The minimum atomic E-state index is 0.302. The van der Waals surface area contributed by atoms with Crippen LogP contribution in [0.25, 0.3) is 10.2 Å². The Hall–Kier alpha value is -1.33. The minimum Gasteiger partial charge on any atom is -0.345 e. The van der Waals surface area contributed by atoms with Crippen LogP contribution in [0.5, 0.6) is 0 Å². The van der Waals surface area contributed by atoms with Crippen LogP contribution in [0.15, 0.2) is 18.2 Å². The number of carbonyl (C=O) groups excluding carboxylic acids is 1. The lowest BCUT2D eigenvalue weighted by Gasteiger charge is -2.38. The largest absolute Gasteiger partial charge is 0.345 e. The number of carbonyl (C=O) groups is 1. The van der Waals surface area contributed by atoms with E-state index in [-0.39, 0.29) is 0 Å². The Morgan fingerprint density at radius 1 is 1.23 bits per heavy atom. The lowest BCUT2D eigenvalue weighted by Crippen LogP contribution is -2.51. The molecule has 0 atom stereocenters. The molecular formula is C16H18ClN3OS. The van der Waals surface area contributed by atoms with E-state index in [1.807, 2.05) is 23.1 Å². The zero-order valence-electron chi connectivity index (χ0n) is 12.3. The van der Waals surface area contributed by atoms with Crippen LogP contribution in [0, 0.1) is 5.92 Å². The first-order valence-corrected chi connectivity index (χ1v) is 9.00. The van der Waals surface area contributed by atoms with Gasteiger partial charge in [-0.1, -0.05) is 29.4 Å². The number of nitrogens with zero attached hydrogens (tertiary/aromatic N) is 3. The van der Waals surface area contributed by atoms with E-state index in [2.05, 4.69) is 4.90 Å². The summed E-state index contributed by atoms with van der Waals surface area (Å²) in [6.45, 7) is 3.36. The molecule has 2 fully saturated rings. The zero-order valence-corrected chi connectivity index (χ0v) is 13.9. The van der Waals surface area contributed by atoms with Gasteiger partial charge in [-0.25, -0.2) is 4.98 Å². The normalized spacial score (nSPS) is 19.5. The first-order valence-electron chi connectivity index (χ1n) is 7.80. The smallest absolute Gasteiger partial charge is 0.225 e. The standard InChI is InChI=1S/C16H18ClN3OS/c17-12-4-5-13-14(10-12)22-16(18-13)20-8-6-19(7-9-20)15(21)11-2-1-3-11/h4-5,10-11H,1-3,6-9H2. The summed E-state index contributed by atoms with van der Waals surface area (Å²) < 4.78 is 1.12. The number of rotatable bonds is 2. The molecule has 1 aliphatic carbocycles. The topological polar surface area (TPSA) is 36.4 Å². The number of hydrogen-bond acceptors (Lipinski definition) is 4. The van der Waals surface area contributed by atoms with E-state index in [1.54, 1.807) is 11.3 Å². The van der Waals surface area contributed by atoms with Crippen LogP contribution in [0.3, 0.4) is 0 Å². The number of amides is 1. The number of halogens is 1. The molecule has 0 N–H and O–H groups in total. The van der Waals surface area contributed by atoms with Crippen molar-refractivity contribution in [2.45, 2.75) is 19.3 Å². The summed E-state index contributed by atoms with van der Waals surface area (Å²) in [5.41, 5.74) is 0.998. The van der Waals surface area contributed by atoms with Crippen molar-refractivity contribution in [1.82, 2.24) is 9.88 Å². The molecule has 1 aromatic heterocycles. The van der Waals surface area contributed by atoms with Gasteiger partial charge in [-0.2, -0.15) is 0 Å². The Kier molecular flexibility index (Phi) is 3.70. The predicted molar refractivity (Wildman–Crippen MR) is 90.8 cm³/mol. The van der Waals surface area contributed by atoms with Crippen LogP contribution in [0.2, 0.25) is 5.02 Å². The molecule has 2 heterocycles. The van der Waals surface area contributed by atoms with E-state index in [0.717, 1.165) is 59.4 Å². The Morgan fingerprint density at radius 2 is 2.00 bits per heavy atom. The third-order valence-electron chi connectivity index (χ3n) is 4.66. The van der Waals surface area contributed by atoms with E-state index < -0.39 is 0 Å². The van der Waals surface area contributed by atoms with Gasteiger partial charge in [0, 0.05) is 37.1 Å². The van der Waals surface area contributed by atoms with E-state index in [0.29, 0.717) is 11.8 Å². The average Bonchev–Trinajstić information content (AvgIpc) is 2.88. The van der Waals surface area contributed by atoms with E-state index in [1.165, 1.54) is 6.42 Å². The number of benzene rings is 1. The van der Waals surface area contributed by atoms with E-state index in [9.17, 15) is 4.79 Å². The Balaban J connectivity index is 1.44. The van der Waals surface area contributed by atoms with Crippen LogP contribution < -0.4 is 4.90 Å². The first kappa shape index (κ1) is 14.3. The summed E-state index contributed by atoms with van der Waals surface area (Å²) in [6.07, 6.45) is 3.37. The molecule has 4 nitrogen and oxygen atoms in total. The van der Waals surface area contributed by atoms with Gasteiger partial charge in [0.1, 0.15) is 0 Å². The van der Waals surface area contributed by atoms with Crippen LogP contribution in [0.4, 0.5) is 5.13 Å². The Morgan fingerprint density at radius 3 is 2.68 bits per heavy atom. The highest BCUT2D eigenvalue weighted by Gasteiger charge is 2.31. The minimum absolute atomic E-state index is 0.302. The lowest BCUT2D eigenvalue weighted by atomic mass is 9.84. The highest BCUT2D eigenvalue weighted by molar-refractivity contribution is 7.22. The number of hydrogen-bond donors (Lipinski definition) is 0. The molecule has 22 heavy (non-hydrogen) atoms. The predicted octanol–water partition coefficient (Wildman–Crippen LogP) is 3.40. The molecular weight excluding hydrogens is 318 g/mol. The van der Waals surface area contributed by atoms with Crippen molar-refractivity contribution in [3.05, 3.63) is 23.2 Å². The van der Waals surface area contributed by atoms with Crippen molar-refractivity contribution in [2.24, 2.45) is 5.92 Å². The molecule has 1 aromatic carbocycles. The summed E-state index contributed by atoms with van der Waals surface area (Å²) in [6, 6.07) is 5.81. The summed E-state index contributed by atoms with van der Waals surface area (Å²) in [7, 11) is 0. The first-order chi connectivity index (χ1) is 10.7. The van der Waals surface area contributed by atoms with Gasteiger partial charge in [0.05, 0.1) is 10.2 Å². The Labute approximate surface area is 138 Å². The third-order valence-corrected chi connectivity index (χ3v) is 5.97. The molecule has 0 bridgehead atoms. The fraction of sp³-hybridized carbons (Fsp3) is 0.500. The van der Waals surface area contributed by atoms with Gasteiger partial charge in [-0.15, -0.1) is 0 Å². The van der Waals surface area contributed by atoms with Crippen LogP contribution >= 0.6 is 22.9 Å². The quantitative estimate of drug-likeness (QED) is 0.844. The van der Waals surface area contributed by atoms with Gasteiger partial charge in [0.25, 0.3) is 0 Å². The summed E-state index contributed by atoms with van der Waals surface area (Å²) in [5.74, 6) is 0.665. The third kappa shape index (κ3) is 2.57. The number of anilines is 1. The molecule has 4 rings (SSSR count). The van der Waals surface area contributed by atoms with E-state index in [4.69, 9.17) is 16.6 Å². The highest BCUT2D eigenvalue weighted by Crippen LogP contribution is 2.32.